The number of nitrogens with two attached hydrogens (primary N) is 1. The number of carbonyl (C=O) groups is 1. The van der Waals surface area contributed by atoms with Crippen LogP contribution in [0.25, 0.3) is 0 Å². The number of benzene rings is 1. The van der Waals surface area contributed by atoms with Crippen LogP contribution in [0.15, 0.2) is 54.9 Å². The number of rotatable bonds is 4. The zero-order valence-electron chi connectivity index (χ0n) is 11.5. The quantitative estimate of drug-likeness (QED) is 0.902. The normalized spacial score (nSPS) is 22.9. The van der Waals surface area contributed by atoms with E-state index in [4.69, 9.17) is 5.73 Å². The largest absolute Gasteiger partial charge is 0.367 e. The van der Waals surface area contributed by atoms with Gasteiger partial charge < -0.3 is 5.73 Å². The van der Waals surface area contributed by atoms with E-state index >= 15 is 0 Å². The smallest absolute Gasteiger partial charge is 0.249 e. The molecule has 1 aromatic carbocycles. The second-order valence-electron chi connectivity index (χ2n) is 5.00. The Morgan fingerprint density at radius 3 is 2.43 bits per heavy atom. The molecule has 1 saturated heterocycles. The van der Waals surface area contributed by atoms with Crippen molar-refractivity contribution in [1.82, 2.24) is 10.3 Å². The fourth-order valence-corrected chi connectivity index (χ4v) is 4.16. The summed E-state index contributed by atoms with van der Waals surface area (Å²) in [6.07, 6.45) is 3.50. The molecule has 3 rings (SSSR count). The molecule has 21 heavy (non-hydrogen) atoms. The van der Waals surface area contributed by atoms with Gasteiger partial charge in [-0.05, 0) is 23.3 Å². The third-order valence-corrected chi connectivity index (χ3v) is 5.21. The third kappa shape index (κ3) is 2.54. The maximum atomic E-state index is 12.2. The number of nitrogens with zero attached hydrogens (tertiary/aromatic N) is 1. The fourth-order valence-electron chi connectivity index (χ4n) is 2.85. The minimum Gasteiger partial charge on any atom is -0.367 e. The van der Waals surface area contributed by atoms with Gasteiger partial charge in [0.15, 0.2) is 4.87 Å². The maximum Gasteiger partial charge on any atom is 0.249 e. The first-order valence-electron chi connectivity index (χ1n) is 6.88. The predicted molar refractivity (Wildman–Crippen MR) is 84.9 cm³/mol. The van der Waals surface area contributed by atoms with E-state index in [1.54, 1.807) is 24.2 Å². The Balaban J connectivity index is 2.15. The van der Waals surface area contributed by atoms with Crippen molar-refractivity contribution in [3.8, 4) is 0 Å². The molecule has 0 bridgehead atoms. The summed E-state index contributed by atoms with van der Waals surface area (Å²) >= 11 is 1.59. The van der Waals surface area contributed by atoms with Crippen LogP contribution in [-0.2, 0) is 4.79 Å². The van der Waals surface area contributed by atoms with Gasteiger partial charge in [0.25, 0.3) is 0 Å². The van der Waals surface area contributed by atoms with E-state index in [0.717, 1.165) is 23.4 Å². The van der Waals surface area contributed by atoms with Crippen LogP contribution in [-0.4, -0.2) is 28.1 Å². The van der Waals surface area contributed by atoms with Crippen LogP contribution >= 0.6 is 11.8 Å². The number of carbonyl (C=O) groups excluding carboxylic acids is 1. The minimum absolute atomic E-state index is 0.133. The molecule has 4 nitrogen and oxygen atoms in total. The van der Waals surface area contributed by atoms with E-state index in [-0.39, 0.29) is 11.8 Å². The lowest BCUT2D eigenvalue weighted by Crippen LogP contribution is -2.54. The third-order valence-electron chi connectivity index (χ3n) is 3.76. The van der Waals surface area contributed by atoms with Crippen LogP contribution < -0.4 is 11.1 Å². The molecule has 0 aliphatic carbocycles. The molecule has 1 aliphatic heterocycles. The second kappa shape index (κ2) is 5.87. The van der Waals surface area contributed by atoms with Crippen LogP contribution in [0.5, 0.6) is 0 Å². The van der Waals surface area contributed by atoms with Crippen molar-refractivity contribution < 1.29 is 4.79 Å². The summed E-state index contributed by atoms with van der Waals surface area (Å²) in [6.45, 7) is 0.780. The first-order valence-corrected chi connectivity index (χ1v) is 7.86. The standard InChI is InChI=1S/C16H17N3OS/c17-15(20)16(19-10-11-21-16)14(12-4-2-1-3-5-12)13-6-8-18-9-7-13/h1-9,14,19H,10-11H2,(H2,17,20)/t14-,16?/m1/s1. The summed E-state index contributed by atoms with van der Waals surface area (Å²) in [7, 11) is 0. The molecule has 0 radical (unpaired) electrons. The summed E-state index contributed by atoms with van der Waals surface area (Å²) in [6, 6.07) is 13.9. The lowest BCUT2D eigenvalue weighted by Gasteiger charge is -2.34. The number of hydrogen-bond acceptors (Lipinski definition) is 4. The van der Waals surface area contributed by atoms with Gasteiger partial charge in [-0.3, -0.25) is 15.1 Å². The summed E-state index contributed by atoms with van der Waals surface area (Å²) in [5.74, 6) is 0.416. The Labute approximate surface area is 128 Å². The molecule has 0 spiro atoms. The molecular weight excluding hydrogens is 282 g/mol. The van der Waals surface area contributed by atoms with Gasteiger partial charge in [-0.2, -0.15) is 0 Å². The van der Waals surface area contributed by atoms with E-state index in [1.165, 1.54) is 0 Å². The number of nitrogens with one attached hydrogen (secondary N) is 1. The molecule has 0 saturated carbocycles. The molecule has 5 heteroatoms. The van der Waals surface area contributed by atoms with E-state index in [0.29, 0.717) is 0 Å². The number of hydrogen-bond donors (Lipinski definition) is 2. The highest BCUT2D eigenvalue weighted by atomic mass is 32.2. The van der Waals surface area contributed by atoms with Gasteiger partial charge in [0.2, 0.25) is 5.91 Å². The first kappa shape index (κ1) is 14.1. The zero-order chi connectivity index (χ0) is 14.7. The SMILES string of the molecule is NC(=O)C1([C@H](c2ccccc2)c2ccncc2)NCCS1. The molecule has 108 valence electrons. The van der Waals surface area contributed by atoms with Gasteiger partial charge in [0.05, 0.1) is 0 Å². The Morgan fingerprint density at radius 1 is 1.19 bits per heavy atom. The van der Waals surface area contributed by atoms with Crippen molar-refractivity contribution in [3.05, 3.63) is 66.0 Å². The second-order valence-corrected chi connectivity index (χ2v) is 6.34. The van der Waals surface area contributed by atoms with Gasteiger partial charge >= 0.3 is 0 Å². The lowest BCUT2D eigenvalue weighted by atomic mass is 9.84. The van der Waals surface area contributed by atoms with Crippen molar-refractivity contribution in [3.63, 3.8) is 0 Å². The molecule has 1 unspecified atom stereocenters. The molecular formula is C16H17N3OS. The van der Waals surface area contributed by atoms with E-state index in [2.05, 4.69) is 10.3 Å². The first-order chi connectivity index (χ1) is 10.2. The van der Waals surface area contributed by atoms with Crippen molar-refractivity contribution in [2.75, 3.05) is 12.3 Å². The topological polar surface area (TPSA) is 68.0 Å². The van der Waals surface area contributed by atoms with Gasteiger partial charge in [-0.25, -0.2) is 0 Å². The molecule has 2 aromatic rings. The van der Waals surface area contributed by atoms with Crippen LogP contribution in [0, 0.1) is 0 Å². The van der Waals surface area contributed by atoms with Crippen molar-refractivity contribution in [2.45, 2.75) is 10.8 Å². The lowest BCUT2D eigenvalue weighted by molar-refractivity contribution is -0.121. The van der Waals surface area contributed by atoms with Gasteiger partial charge in [-0.15, -0.1) is 11.8 Å². The Morgan fingerprint density at radius 2 is 1.86 bits per heavy atom. The van der Waals surface area contributed by atoms with Gasteiger partial charge in [0.1, 0.15) is 0 Å². The number of primary amides is 1. The average Bonchev–Trinajstić information content (AvgIpc) is 3.00. The van der Waals surface area contributed by atoms with Crippen LogP contribution in [0.1, 0.15) is 17.0 Å². The molecule has 1 aliphatic rings. The van der Waals surface area contributed by atoms with Gasteiger partial charge in [-0.1, -0.05) is 30.3 Å². The molecule has 1 aromatic heterocycles. The number of aromatic nitrogens is 1. The van der Waals surface area contributed by atoms with Crippen molar-refractivity contribution in [1.29, 1.82) is 0 Å². The van der Waals surface area contributed by atoms with Crippen LogP contribution in [0.4, 0.5) is 0 Å². The Bertz CT molecular complexity index is 572. The van der Waals surface area contributed by atoms with Crippen LogP contribution in [0.2, 0.25) is 0 Å². The van der Waals surface area contributed by atoms with Crippen molar-refractivity contribution in [2.24, 2.45) is 5.73 Å². The summed E-state index contributed by atoms with van der Waals surface area (Å²) < 4.78 is 0. The number of amides is 1. The zero-order valence-corrected chi connectivity index (χ0v) is 12.3. The highest BCUT2D eigenvalue weighted by Crippen LogP contribution is 2.44. The van der Waals surface area contributed by atoms with Crippen molar-refractivity contribution >= 4 is 17.7 Å². The van der Waals surface area contributed by atoms with E-state index in [1.807, 2.05) is 42.5 Å². The summed E-state index contributed by atoms with van der Waals surface area (Å²) in [5, 5.41) is 3.33. The monoisotopic (exact) mass is 299 g/mol. The molecule has 2 heterocycles. The maximum absolute atomic E-state index is 12.2. The number of thioether (sulfide) groups is 1. The average molecular weight is 299 g/mol. The Kier molecular flexibility index (Phi) is 3.94. The van der Waals surface area contributed by atoms with Crippen LogP contribution in [0.3, 0.4) is 0 Å². The van der Waals surface area contributed by atoms with E-state index < -0.39 is 4.87 Å². The molecule has 1 amide bonds. The van der Waals surface area contributed by atoms with E-state index in [9.17, 15) is 4.79 Å². The Hall–Kier alpha value is -1.85. The highest BCUT2D eigenvalue weighted by molar-refractivity contribution is 8.01. The predicted octanol–water partition coefficient (Wildman–Crippen LogP) is 1.73. The highest BCUT2D eigenvalue weighted by Gasteiger charge is 2.48. The minimum atomic E-state index is -0.803. The summed E-state index contributed by atoms with van der Waals surface area (Å²) in [5.41, 5.74) is 7.88. The fraction of sp³-hybridized carbons (Fsp3) is 0.250. The van der Waals surface area contributed by atoms with Gasteiger partial charge in [0, 0.05) is 30.6 Å². The summed E-state index contributed by atoms with van der Waals surface area (Å²) in [4.78, 5) is 15.5. The molecule has 1 fully saturated rings. The molecule has 3 N–H and O–H groups in total. The molecule has 2 atom stereocenters. The number of pyridine rings is 1.